The van der Waals surface area contributed by atoms with Gasteiger partial charge < -0.3 is 10.1 Å². The van der Waals surface area contributed by atoms with Crippen molar-refractivity contribution in [3.05, 3.63) is 29.3 Å². The lowest BCUT2D eigenvalue weighted by Crippen LogP contribution is -2.30. The van der Waals surface area contributed by atoms with E-state index in [9.17, 15) is 0 Å². The van der Waals surface area contributed by atoms with Gasteiger partial charge in [0.15, 0.2) is 0 Å². The summed E-state index contributed by atoms with van der Waals surface area (Å²) in [6, 6.07) is 7.77. The molecule has 0 fully saturated rings. The maximum absolute atomic E-state index is 5.59. The quantitative estimate of drug-likeness (QED) is 0.698. The molecule has 0 spiro atoms. The number of rotatable bonds is 8. The molecule has 0 bridgehead atoms. The number of unbranched alkanes of at least 4 members (excludes halogenated alkanes) is 2. The van der Waals surface area contributed by atoms with Crippen molar-refractivity contribution < 1.29 is 4.74 Å². The number of hydrogen-bond acceptors (Lipinski definition) is 2. The Morgan fingerprint density at radius 3 is 2.85 bits per heavy atom. The normalized spacial score (nSPS) is 16.6. The van der Waals surface area contributed by atoms with E-state index in [-0.39, 0.29) is 0 Å². The van der Waals surface area contributed by atoms with Gasteiger partial charge in [0, 0.05) is 18.5 Å². The van der Waals surface area contributed by atoms with Crippen LogP contribution in [0.1, 0.15) is 70.0 Å². The van der Waals surface area contributed by atoms with Gasteiger partial charge >= 0.3 is 0 Å². The van der Waals surface area contributed by atoms with Crippen molar-refractivity contribution in [1.29, 1.82) is 0 Å². The molecule has 1 aromatic carbocycles. The van der Waals surface area contributed by atoms with Crippen LogP contribution in [-0.4, -0.2) is 12.6 Å². The summed E-state index contributed by atoms with van der Waals surface area (Å²) >= 11 is 0. The van der Waals surface area contributed by atoms with E-state index in [4.69, 9.17) is 4.74 Å². The van der Waals surface area contributed by atoms with E-state index in [2.05, 4.69) is 44.3 Å². The van der Waals surface area contributed by atoms with Gasteiger partial charge in [-0.05, 0) is 37.0 Å². The third-order valence-electron chi connectivity index (χ3n) is 4.25. The van der Waals surface area contributed by atoms with Gasteiger partial charge in [-0.3, -0.25) is 0 Å². The van der Waals surface area contributed by atoms with Crippen molar-refractivity contribution in [3.63, 3.8) is 0 Å². The second-order valence-electron chi connectivity index (χ2n) is 5.99. The number of ether oxygens (including phenoxy) is 1. The zero-order valence-electron chi connectivity index (χ0n) is 13.2. The van der Waals surface area contributed by atoms with Gasteiger partial charge in [0.2, 0.25) is 0 Å². The van der Waals surface area contributed by atoms with Gasteiger partial charge in [0.1, 0.15) is 5.75 Å². The summed E-state index contributed by atoms with van der Waals surface area (Å²) in [6.07, 6.45) is 7.45. The van der Waals surface area contributed by atoms with Crippen LogP contribution in [0.15, 0.2) is 18.2 Å². The molecule has 0 radical (unpaired) electrons. The Morgan fingerprint density at radius 1 is 1.25 bits per heavy atom. The van der Waals surface area contributed by atoms with Crippen LogP contribution >= 0.6 is 0 Å². The molecule has 2 unspecified atom stereocenters. The first kappa shape index (κ1) is 15.4. The molecule has 0 saturated carbocycles. The van der Waals surface area contributed by atoms with Crippen LogP contribution in [0, 0.1) is 0 Å². The summed E-state index contributed by atoms with van der Waals surface area (Å²) in [4.78, 5) is 0. The largest absolute Gasteiger partial charge is 0.493 e. The van der Waals surface area contributed by atoms with Gasteiger partial charge in [-0.15, -0.1) is 0 Å². The molecule has 2 nitrogen and oxygen atoms in total. The van der Waals surface area contributed by atoms with Crippen LogP contribution in [0.5, 0.6) is 5.75 Å². The maximum Gasteiger partial charge on any atom is 0.122 e. The van der Waals surface area contributed by atoms with Crippen LogP contribution < -0.4 is 10.1 Å². The highest BCUT2D eigenvalue weighted by Gasteiger charge is 2.17. The first-order valence-corrected chi connectivity index (χ1v) is 8.26. The third-order valence-corrected chi connectivity index (χ3v) is 4.25. The Labute approximate surface area is 123 Å². The topological polar surface area (TPSA) is 21.3 Å². The standard InChI is InChI=1S/C18H29NO/c1-4-6-7-8-14(3)19-17(5-2)15-9-10-18-16(13-15)11-12-20-18/h9-10,13-14,17,19H,4-8,11-12H2,1-3H3. The van der Waals surface area contributed by atoms with E-state index in [0.717, 1.165) is 25.2 Å². The average molecular weight is 275 g/mol. The maximum atomic E-state index is 5.59. The molecule has 1 N–H and O–H groups in total. The number of hydrogen-bond donors (Lipinski definition) is 1. The fourth-order valence-electron chi connectivity index (χ4n) is 3.00. The zero-order chi connectivity index (χ0) is 14.4. The van der Waals surface area contributed by atoms with Crippen LogP contribution in [0.25, 0.3) is 0 Å². The molecule has 2 rings (SSSR count). The summed E-state index contributed by atoms with van der Waals surface area (Å²) in [5.41, 5.74) is 2.79. The van der Waals surface area contributed by atoms with Crippen molar-refractivity contribution in [2.45, 2.75) is 71.4 Å². The second-order valence-corrected chi connectivity index (χ2v) is 5.99. The first-order valence-electron chi connectivity index (χ1n) is 8.26. The van der Waals surface area contributed by atoms with Gasteiger partial charge in [-0.2, -0.15) is 0 Å². The fraction of sp³-hybridized carbons (Fsp3) is 0.667. The molecule has 1 aromatic rings. The Morgan fingerprint density at radius 2 is 2.10 bits per heavy atom. The highest BCUT2D eigenvalue weighted by atomic mass is 16.5. The van der Waals surface area contributed by atoms with Crippen molar-refractivity contribution >= 4 is 0 Å². The van der Waals surface area contributed by atoms with Crippen LogP contribution in [0.2, 0.25) is 0 Å². The van der Waals surface area contributed by atoms with E-state index in [1.54, 1.807) is 0 Å². The predicted octanol–water partition coefficient (Wildman–Crippen LogP) is 4.63. The van der Waals surface area contributed by atoms with E-state index in [1.165, 1.54) is 36.8 Å². The molecule has 20 heavy (non-hydrogen) atoms. The molecular formula is C18H29NO. The molecular weight excluding hydrogens is 246 g/mol. The number of benzene rings is 1. The lowest BCUT2D eigenvalue weighted by molar-refractivity contribution is 0.356. The predicted molar refractivity (Wildman–Crippen MR) is 85.4 cm³/mol. The van der Waals surface area contributed by atoms with E-state index < -0.39 is 0 Å². The Balaban J connectivity index is 1.94. The Hall–Kier alpha value is -1.02. The molecule has 1 aliphatic heterocycles. The van der Waals surface area contributed by atoms with Crippen molar-refractivity contribution in [1.82, 2.24) is 5.32 Å². The van der Waals surface area contributed by atoms with E-state index in [1.807, 2.05) is 0 Å². The minimum absolute atomic E-state index is 0.470. The smallest absolute Gasteiger partial charge is 0.122 e. The van der Waals surface area contributed by atoms with Crippen molar-refractivity contribution in [2.24, 2.45) is 0 Å². The summed E-state index contributed by atoms with van der Waals surface area (Å²) in [7, 11) is 0. The molecule has 0 amide bonds. The Bertz CT molecular complexity index is 416. The lowest BCUT2D eigenvalue weighted by Gasteiger charge is -2.23. The highest BCUT2D eigenvalue weighted by Crippen LogP contribution is 2.29. The van der Waals surface area contributed by atoms with Crippen LogP contribution in [-0.2, 0) is 6.42 Å². The molecule has 2 heteroatoms. The first-order chi connectivity index (χ1) is 9.74. The molecule has 1 heterocycles. The van der Waals surface area contributed by atoms with E-state index in [0.29, 0.717) is 12.1 Å². The molecule has 0 aliphatic carbocycles. The van der Waals surface area contributed by atoms with Gasteiger partial charge in [0.05, 0.1) is 6.61 Å². The van der Waals surface area contributed by atoms with E-state index >= 15 is 0 Å². The summed E-state index contributed by atoms with van der Waals surface area (Å²) < 4.78 is 5.59. The summed E-state index contributed by atoms with van der Waals surface area (Å²) in [6.45, 7) is 7.69. The minimum atomic E-state index is 0.470. The van der Waals surface area contributed by atoms with Gasteiger partial charge in [-0.25, -0.2) is 0 Å². The van der Waals surface area contributed by atoms with Crippen molar-refractivity contribution in [2.75, 3.05) is 6.61 Å². The van der Waals surface area contributed by atoms with Gasteiger partial charge in [-0.1, -0.05) is 45.2 Å². The molecule has 112 valence electrons. The average Bonchev–Trinajstić information content (AvgIpc) is 2.92. The monoisotopic (exact) mass is 275 g/mol. The minimum Gasteiger partial charge on any atom is -0.493 e. The summed E-state index contributed by atoms with van der Waals surface area (Å²) in [5, 5.41) is 3.79. The highest BCUT2D eigenvalue weighted by molar-refractivity contribution is 5.40. The third kappa shape index (κ3) is 3.99. The van der Waals surface area contributed by atoms with Crippen molar-refractivity contribution in [3.8, 4) is 5.75 Å². The molecule has 1 aliphatic rings. The molecule has 0 aromatic heterocycles. The summed E-state index contributed by atoms with van der Waals surface area (Å²) in [5.74, 6) is 1.08. The SMILES string of the molecule is CCCCCC(C)NC(CC)c1ccc2c(c1)CCO2. The van der Waals surface area contributed by atoms with Crippen LogP contribution in [0.4, 0.5) is 0 Å². The second kappa shape index (κ2) is 7.68. The number of fused-ring (bicyclic) bond motifs is 1. The van der Waals surface area contributed by atoms with Crippen LogP contribution in [0.3, 0.4) is 0 Å². The van der Waals surface area contributed by atoms with Gasteiger partial charge in [0.25, 0.3) is 0 Å². The lowest BCUT2D eigenvalue weighted by atomic mass is 9.99. The Kier molecular flexibility index (Phi) is 5.90. The molecule has 2 atom stereocenters. The zero-order valence-corrected chi connectivity index (χ0v) is 13.2. The fourth-order valence-corrected chi connectivity index (χ4v) is 3.00. The molecule has 0 saturated heterocycles. The number of nitrogens with one attached hydrogen (secondary N) is 1.